The maximum Gasteiger partial charge on any atom is 0.250 e. The zero-order valence-electron chi connectivity index (χ0n) is 8.67. The molecule has 1 aromatic rings. The topological polar surface area (TPSA) is 105 Å². The SMILES string of the molecule is CCc1ccc(S(=O)(=O)NC/C(N)=N/O)s1. The van der Waals surface area contributed by atoms with Crippen molar-refractivity contribution in [1.82, 2.24) is 4.72 Å². The molecule has 8 heteroatoms. The van der Waals surface area contributed by atoms with Gasteiger partial charge in [0, 0.05) is 4.88 Å². The molecular formula is C8H13N3O3S2. The van der Waals surface area contributed by atoms with Crippen LogP contribution in [0, 0.1) is 0 Å². The number of hydrogen-bond donors (Lipinski definition) is 3. The van der Waals surface area contributed by atoms with Gasteiger partial charge in [-0.3, -0.25) is 0 Å². The normalized spacial score (nSPS) is 12.9. The van der Waals surface area contributed by atoms with Crippen LogP contribution in [0.4, 0.5) is 0 Å². The Kier molecular flexibility index (Phi) is 4.27. The molecule has 0 aliphatic carbocycles. The first-order valence-corrected chi connectivity index (χ1v) is 6.84. The highest BCUT2D eigenvalue weighted by atomic mass is 32.2. The van der Waals surface area contributed by atoms with E-state index >= 15 is 0 Å². The minimum absolute atomic E-state index is 0.184. The lowest BCUT2D eigenvalue weighted by molar-refractivity contribution is 0.317. The summed E-state index contributed by atoms with van der Waals surface area (Å²) in [5, 5.41) is 11.0. The highest BCUT2D eigenvalue weighted by Gasteiger charge is 2.16. The maximum absolute atomic E-state index is 11.7. The van der Waals surface area contributed by atoms with Gasteiger partial charge in [-0.05, 0) is 18.6 Å². The second-order valence-electron chi connectivity index (χ2n) is 2.99. The van der Waals surface area contributed by atoms with Gasteiger partial charge in [0.25, 0.3) is 0 Å². The van der Waals surface area contributed by atoms with Gasteiger partial charge in [0.2, 0.25) is 10.0 Å². The summed E-state index contributed by atoms with van der Waals surface area (Å²) >= 11 is 1.21. The molecule has 90 valence electrons. The van der Waals surface area contributed by atoms with Gasteiger partial charge in [-0.25, -0.2) is 13.1 Å². The van der Waals surface area contributed by atoms with E-state index in [4.69, 9.17) is 10.9 Å². The number of nitrogens with two attached hydrogens (primary N) is 1. The van der Waals surface area contributed by atoms with Crippen molar-refractivity contribution in [1.29, 1.82) is 0 Å². The zero-order valence-corrected chi connectivity index (χ0v) is 10.3. The Labute approximate surface area is 97.8 Å². The predicted octanol–water partition coefficient (Wildman–Crippen LogP) is 0.335. The molecule has 6 nitrogen and oxygen atoms in total. The number of nitrogens with zero attached hydrogens (tertiary/aromatic N) is 1. The summed E-state index contributed by atoms with van der Waals surface area (Å²) in [5.74, 6) is -0.184. The van der Waals surface area contributed by atoms with Gasteiger partial charge in [0.15, 0.2) is 5.84 Å². The van der Waals surface area contributed by atoms with Crippen LogP contribution in [-0.2, 0) is 16.4 Å². The lowest BCUT2D eigenvalue weighted by Crippen LogP contribution is -2.33. The van der Waals surface area contributed by atoms with Crippen LogP contribution in [0.3, 0.4) is 0 Å². The summed E-state index contributed by atoms with van der Waals surface area (Å²) in [7, 11) is -3.56. The molecule has 1 heterocycles. The Morgan fingerprint density at radius 2 is 2.31 bits per heavy atom. The summed E-state index contributed by atoms with van der Waals surface area (Å²) in [5.41, 5.74) is 5.17. The molecule has 0 amide bonds. The third kappa shape index (κ3) is 3.19. The molecule has 0 fully saturated rings. The van der Waals surface area contributed by atoms with Crippen molar-refractivity contribution in [3.05, 3.63) is 17.0 Å². The van der Waals surface area contributed by atoms with Gasteiger partial charge in [-0.1, -0.05) is 12.1 Å². The molecule has 4 N–H and O–H groups in total. The number of hydrogen-bond acceptors (Lipinski definition) is 5. The van der Waals surface area contributed by atoms with Gasteiger partial charge < -0.3 is 10.9 Å². The third-order valence-electron chi connectivity index (χ3n) is 1.82. The molecular weight excluding hydrogens is 250 g/mol. The van der Waals surface area contributed by atoms with Crippen LogP contribution in [-0.4, -0.2) is 26.0 Å². The Morgan fingerprint density at radius 1 is 1.62 bits per heavy atom. The fourth-order valence-electron chi connectivity index (χ4n) is 0.968. The lowest BCUT2D eigenvalue weighted by Gasteiger charge is -2.02. The van der Waals surface area contributed by atoms with Crippen LogP contribution in [0.5, 0.6) is 0 Å². The first-order chi connectivity index (χ1) is 7.49. The standard InChI is InChI=1S/C8H13N3O3S2/c1-2-6-3-4-8(15-6)16(13,14)10-5-7(9)11-12/h3-4,10,12H,2,5H2,1H3,(H2,9,11). The van der Waals surface area contributed by atoms with Crippen LogP contribution >= 0.6 is 11.3 Å². The zero-order chi connectivity index (χ0) is 12.2. The fourth-order valence-corrected chi connectivity index (χ4v) is 3.31. The Morgan fingerprint density at radius 3 is 2.81 bits per heavy atom. The molecule has 1 rings (SSSR count). The molecule has 0 atom stereocenters. The minimum Gasteiger partial charge on any atom is -0.409 e. The van der Waals surface area contributed by atoms with E-state index in [1.165, 1.54) is 17.4 Å². The van der Waals surface area contributed by atoms with Gasteiger partial charge in [0.05, 0.1) is 6.54 Å². The maximum atomic E-state index is 11.7. The van der Waals surface area contributed by atoms with E-state index in [0.29, 0.717) is 0 Å². The van der Waals surface area contributed by atoms with Crippen LogP contribution in [0.15, 0.2) is 21.5 Å². The van der Waals surface area contributed by atoms with Gasteiger partial charge in [-0.2, -0.15) is 0 Å². The van der Waals surface area contributed by atoms with E-state index < -0.39 is 10.0 Å². The Balaban J connectivity index is 2.78. The fraction of sp³-hybridized carbons (Fsp3) is 0.375. The highest BCUT2D eigenvalue weighted by molar-refractivity contribution is 7.91. The van der Waals surface area contributed by atoms with E-state index in [9.17, 15) is 8.42 Å². The summed E-state index contributed by atoms with van der Waals surface area (Å²) in [6, 6.07) is 3.31. The summed E-state index contributed by atoms with van der Waals surface area (Å²) in [6.45, 7) is 1.74. The first-order valence-electron chi connectivity index (χ1n) is 4.54. The largest absolute Gasteiger partial charge is 0.409 e. The van der Waals surface area contributed by atoms with Crippen molar-refractivity contribution >= 4 is 27.2 Å². The van der Waals surface area contributed by atoms with E-state index in [2.05, 4.69) is 9.88 Å². The molecule has 0 saturated heterocycles. The van der Waals surface area contributed by atoms with Crippen molar-refractivity contribution in [2.45, 2.75) is 17.6 Å². The third-order valence-corrected chi connectivity index (χ3v) is 4.94. The number of rotatable bonds is 5. The molecule has 1 aromatic heterocycles. The average molecular weight is 263 g/mol. The number of thiophene rings is 1. The number of aryl methyl sites for hydroxylation is 1. The summed E-state index contributed by atoms with van der Waals surface area (Å²) in [6.07, 6.45) is 0.792. The molecule has 16 heavy (non-hydrogen) atoms. The van der Waals surface area contributed by atoms with Crippen LogP contribution in [0.2, 0.25) is 0 Å². The molecule has 0 unspecified atom stereocenters. The van der Waals surface area contributed by atoms with Crippen molar-refractivity contribution in [3.8, 4) is 0 Å². The number of nitrogens with one attached hydrogen (secondary N) is 1. The molecule has 0 bridgehead atoms. The van der Waals surface area contributed by atoms with Crippen molar-refractivity contribution in [3.63, 3.8) is 0 Å². The highest BCUT2D eigenvalue weighted by Crippen LogP contribution is 2.21. The van der Waals surface area contributed by atoms with Crippen LogP contribution < -0.4 is 10.5 Å². The second kappa shape index (κ2) is 5.28. The van der Waals surface area contributed by atoms with E-state index in [0.717, 1.165) is 11.3 Å². The van der Waals surface area contributed by atoms with Crippen LogP contribution in [0.25, 0.3) is 0 Å². The molecule has 0 aliphatic heterocycles. The second-order valence-corrected chi connectivity index (χ2v) is 6.15. The monoisotopic (exact) mass is 263 g/mol. The number of oxime groups is 1. The molecule has 0 aliphatic rings. The molecule has 0 saturated carbocycles. The quantitative estimate of drug-likeness (QED) is 0.308. The summed E-state index contributed by atoms with van der Waals surface area (Å²) < 4.78 is 25.8. The van der Waals surface area contributed by atoms with Gasteiger partial charge in [-0.15, -0.1) is 11.3 Å². The summed E-state index contributed by atoms with van der Waals surface area (Å²) in [4.78, 5) is 0.990. The van der Waals surface area contributed by atoms with E-state index in [1.807, 2.05) is 6.92 Å². The lowest BCUT2D eigenvalue weighted by atomic mass is 10.4. The Hall–Kier alpha value is -1.12. The van der Waals surface area contributed by atoms with Crippen LogP contribution in [0.1, 0.15) is 11.8 Å². The predicted molar refractivity (Wildman–Crippen MR) is 62.3 cm³/mol. The molecule has 0 radical (unpaired) electrons. The average Bonchev–Trinajstić information content (AvgIpc) is 2.75. The van der Waals surface area contributed by atoms with Crippen molar-refractivity contribution in [2.24, 2.45) is 10.9 Å². The number of amidine groups is 1. The van der Waals surface area contributed by atoms with E-state index in [1.54, 1.807) is 6.07 Å². The number of sulfonamides is 1. The smallest absolute Gasteiger partial charge is 0.250 e. The van der Waals surface area contributed by atoms with E-state index in [-0.39, 0.29) is 16.6 Å². The minimum atomic E-state index is -3.56. The van der Waals surface area contributed by atoms with Gasteiger partial charge in [0.1, 0.15) is 4.21 Å². The molecule has 0 spiro atoms. The molecule has 0 aromatic carbocycles. The van der Waals surface area contributed by atoms with Crippen molar-refractivity contribution in [2.75, 3.05) is 6.54 Å². The van der Waals surface area contributed by atoms with Gasteiger partial charge >= 0.3 is 0 Å². The first kappa shape index (κ1) is 12.9. The Bertz CT molecular complexity index is 478. The van der Waals surface area contributed by atoms with Crippen molar-refractivity contribution < 1.29 is 13.6 Å².